The van der Waals surface area contributed by atoms with E-state index in [1.54, 1.807) is 0 Å². The number of aryl methyl sites for hydroxylation is 2. The number of rotatable bonds is 6. The number of aliphatic carboxylic acids is 1. The summed E-state index contributed by atoms with van der Waals surface area (Å²) in [7, 11) is 0. The standard InChI is InChI=1S/C16H19BrN2O2/c1-3-13-9-14(19(4-2)18-13)10-15(16(20)21)11-5-7-12(17)8-6-11/h5-9,15H,3-4,10H2,1-2H3,(H,20,21). The molecule has 1 heterocycles. The fourth-order valence-corrected chi connectivity index (χ4v) is 2.64. The molecule has 1 N–H and O–H groups in total. The summed E-state index contributed by atoms with van der Waals surface area (Å²) in [5, 5.41) is 14.0. The van der Waals surface area contributed by atoms with E-state index in [2.05, 4.69) is 28.0 Å². The summed E-state index contributed by atoms with van der Waals surface area (Å²) in [5.74, 6) is -1.36. The second-order valence-corrected chi connectivity index (χ2v) is 5.86. The van der Waals surface area contributed by atoms with Gasteiger partial charge in [0.1, 0.15) is 0 Å². The molecule has 1 atom stereocenters. The van der Waals surface area contributed by atoms with Crippen molar-refractivity contribution >= 4 is 21.9 Å². The summed E-state index contributed by atoms with van der Waals surface area (Å²) < 4.78 is 2.84. The Bertz CT molecular complexity index is 620. The molecule has 2 aromatic rings. The first kappa shape index (κ1) is 15.8. The van der Waals surface area contributed by atoms with Crippen LogP contribution in [0, 0.1) is 0 Å². The third kappa shape index (κ3) is 3.73. The summed E-state index contributed by atoms with van der Waals surface area (Å²) >= 11 is 3.37. The number of benzene rings is 1. The highest BCUT2D eigenvalue weighted by molar-refractivity contribution is 9.10. The van der Waals surface area contributed by atoms with Crippen LogP contribution in [0.4, 0.5) is 0 Å². The molecule has 0 fully saturated rings. The Hall–Kier alpha value is -1.62. The molecular weight excluding hydrogens is 332 g/mol. The first-order valence-electron chi connectivity index (χ1n) is 7.09. The summed E-state index contributed by atoms with van der Waals surface area (Å²) in [4.78, 5) is 11.6. The number of carbonyl (C=O) groups is 1. The maximum Gasteiger partial charge on any atom is 0.311 e. The molecule has 0 aliphatic rings. The van der Waals surface area contributed by atoms with Crippen LogP contribution in [0.25, 0.3) is 0 Å². The molecule has 0 radical (unpaired) electrons. The lowest BCUT2D eigenvalue weighted by Gasteiger charge is -2.13. The second-order valence-electron chi connectivity index (χ2n) is 4.94. The topological polar surface area (TPSA) is 55.1 Å². The Labute approximate surface area is 132 Å². The fourth-order valence-electron chi connectivity index (χ4n) is 2.38. The Morgan fingerprint density at radius 1 is 1.33 bits per heavy atom. The lowest BCUT2D eigenvalue weighted by atomic mass is 9.94. The van der Waals surface area contributed by atoms with Gasteiger partial charge in [-0.25, -0.2) is 0 Å². The lowest BCUT2D eigenvalue weighted by Crippen LogP contribution is -2.16. The van der Waals surface area contributed by atoms with E-state index in [9.17, 15) is 9.90 Å². The lowest BCUT2D eigenvalue weighted by molar-refractivity contribution is -0.138. The van der Waals surface area contributed by atoms with Crippen molar-refractivity contribution in [3.63, 3.8) is 0 Å². The monoisotopic (exact) mass is 350 g/mol. The molecule has 1 unspecified atom stereocenters. The summed E-state index contributed by atoms with van der Waals surface area (Å²) in [6.07, 6.45) is 1.31. The van der Waals surface area contributed by atoms with Crippen LogP contribution in [0.1, 0.15) is 36.7 Å². The van der Waals surface area contributed by atoms with Crippen molar-refractivity contribution in [2.45, 2.75) is 39.2 Å². The molecule has 4 nitrogen and oxygen atoms in total. The van der Waals surface area contributed by atoms with Crippen molar-refractivity contribution in [3.05, 3.63) is 51.8 Å². The van der Waals surface area contributed by atoms with Crippen LogP contribution in [-0.4, -0.2) is 20.9 Å². The average Bonchev–Trinajstić information content (AvgIpc) is 2.88. The highest BCUT2D eigenvalue weighted by Gasteiger charge is 2.22. The number of aromatic nitrogens is 2. The molecule has 21 heavy (non-hydrogen) atoms. The molecule has 5 heteroatoms. The SMILES string of the molecule is CCc1cc(CC(C(=O)O)c2ccc(Br)cc2)n(CC)n1. The van der Waals surface area contributed by atoms with Gasteiger partial charge in [-0.3, -0.25) is 9.48 Å². The zero-order chi connectivity index (χ0) is 15.4. The fraction of sp³-hybridized carbons (Fsp3) is 0.375. The van der Waals surface area contributed by atoms with Gasteiger partial charge in [-0.05, 0) is 37.1 Å². The molecule has 0 amide bonds. The number of hydrogen-bond donors (Lipinski definition) is 1. The van der Waals surface area contributed by atoms with Gasteiger partial charge in [0.25, 0.3) is 0 Å². The number of carboxylic acids is 1. The third-order valence-corrected chi connectivity index (χ3v) is 4.09. The van der Waals surface area contributed by atoms with E-state index in [-0.39, 0.29) is 0 Å². The van der Waals surface area contributed by atoms with Gasteiger partial charge >= 0.3 is 5.97 Å². The van der Waals surface area contributed by atoms with E-state index in [1.807, 2.05) is 41.9 Å². The molecule has 0 aliphatic heterocycles. The number of hydrogen-bond acceptors (Lipinski definition) is 2. The minimum atomic E-state index is -0.806. The van der Waals surface area contributed by atoms with Gasteiger partial charge in [-0.15, -0.1) is 0 Å². The van der Waals surface area contributed by atoms with Crippen LogP contribution in [0.3, 0.4) is 0 Å². The molecule has 2 rings (SSSR count). The van der Waals surface area contributed by atoms with Gasteiger partial charge in [0.05, 0.1) is 11.6 Å². The van der Waals surface area contributed by atoms with E-state index < -0.39 is 11.9 Å². The number of halogens is 1. The maximum atomic E-state index is 11.6. The van der Waals surface area contributed by atoms with Gasteiger partial charge in [-0.1, -0.05) is 35.0 Å². The van der Waals surface area contributed by atoms with Crippen molar-refractivity contribution < 1.29 is 9.90 Å². The molecule has 0 saturated carbocycles. The smallest absolute Gasteiger partial charge is 0.311 e. The van der Waals surface area contributed by atoms with Crippen LogP contribution in [0.15, 0.2) is 34.8 Å². The minimum Gasteiger partial charge on any atom is -0.481 e. The Balaban J connectivity index is 2.30. The van der Waals surface area contributed by atoms with E-state index in [0.717, 1.165) is 34.4 Å². The third-order valence-electron chi connectivity index (χ3n) is 3.56. The van der Waals surface area contributed by atoms with Crippen LogP contribution in [0.2, 0.25) is 0 Å². The van der Waals surface area contributed by atoms with Crippen molar-refractivity contribution in [2.75, 3.05) is 0 Å². The normalized spacial score (nSPS) is 12.3. The Morgan fingerprint density at radius 2 is 2.00 bits per heavy atom. The molecular formula is C16H19BrN2O2. The molecule has 112 valence electrons. The van der Waals surface area contributed by atoms with Crippen molar-refractivity contribution in [3.8, 4) is 0 Å². The average molecular weight is 351 g/mol. The predicted octanol–water partition coefficient (Wildman–Crippen LogP) is 3.64. The van der Waals surface area contributed by atoms with Crippen LogP contribution in [0.5, 0.6) is 0 Å². The van der Waals surface area contributed by atoms with Gasteiger partial charge < -0.3 is 5.11 Å². The van der Waals surface area contributed by atoms with Crippen molar-refractivity contribution in [2.24, 2.45) is 0 Å². The highest BCUT2D eigenvalue weighted by atomic mass is 79.9. The van der Waals surface area contributed by atoms with E-state index in [0.29, 0.717) is 6.42 Å². The van der Waals surface area contributed by atoms with Gasteiger partial charge in [0, 0.05) is 23.1 Å². The van der Waals surface area contributed by atoms with Crippen molar-refractivity contribution in [1.82, 2.24) is 9.78 Å². The van der Waals surface area contributed by atoms with E-state index in [4.69, 9.17) is 0 Å². The van der Waals surface area contributed by atoms with Gasteiger partial charge in [0.15, 0.2) is 0 Å². The first-order chi connectivity index (χ1) is 10.0. The second kappa shape index (κ2) is 6.89. The van der Waals surface area contributed by atoms with Crippen LogP contribution in [-0.2, 0) is 24.2 Å². The highest BCUT2D eigenvalue weighted by Crippen LogP contribution is 2.24. The van der Waals surface area contributed by atoms with Crippen LogP contribution < -0.4 is 0 Å². The molecule has 0 bridgehead atoms. The van der Waals surface area contributed by atoms with E-state index >= 15 is 0 Å². The summed E-state index contributed by atoms with van der Waals surface area (Å²) in [6.45, 7) is 4.82. The summed E-state index contributed by atoms with van der Waals surface area (Å²) in [6, 6.07) is 9.48. The van der Waals surface area contributed by atoms with Gasteiger partial charge in [0.2, 0.25) is 0 Å². The Morgan fingerprint density at radius 3 is 2.52 bits per heavy atom. The minimum absolute atomic E-state index is 0.456. The Kier molecular flexibility index (Phi) is 5.17. The zero-order valence-corrected chi connectivity index (χ0v) is 13.8. The number of carboxylic acid groups (broad SMARTS) is 1. The maximum absolute atomic E-state index is 11.6. The molecule has 0 aliphatic carbocycles. The quantitative estimate of drug-likeness (QED) is 0.865. The van der Waals surface area contributed by atoms with Gasteiger partial charge in [-0.2, -0.15) is 5.10 Å². The molecule has 1 aromatic carbocycles. The summed E-state index contributed by atoms with van der Waals surface area (Å²) in [5.41, 5.74) is 2.80. The predicted molar refractivity (Wildman–Crippen MR) is 85.5 cm³/mol. The first-order valence-corrected chi connectivity index (χ1v) is 7.88. The van der Waals surface area contributed by atoms with Crippen molar-refractivity contribution in [1.29, 1.82) is 0 Å². The molecule has 0 saturated heterocycles. The van der Waals surface area contributed by atoms with Crippen LogP contribution >= 0.6 is 15.9 Å². The molecule has 1 aromatic heterocycles. The zero-order valence-electron chi connectivity index (χ0n) is 12.2. The largest absolute Gasteiger partial charge is 0.481 e. The van der Waals surface area contributed by atoms with E-state index in [1.165, 1.54) is 0 Å². The number of nitrogens with zero attached hydrogens (tertiary/aromatic N) is 2. The molecule has 0 spiro atoms.